The third kappa shape index (κ3) is 2.57. The van der Waals surface area contributed by atoms with Crippen LogP contribution in [0.5, 0.6) is 0 Å². The van der Waals surface area contributed by atoms with Gasteiger partial charge >= 0.3 is 0 Å². The molecule has 1 amide bonds. The molecule has 1 fully saturated rings. The third-order valence-corrected chi connectivity index (χ3v) is 3.28. The van der Waals surface area contributed by atoms with Crippen LogP contribution >= 0.6 is 0 Å². The van der Waals surface area contributed by atoms with Crippen LogP contribution in [0.3, 0.4) is 0 Å². The van der Waals surface area contributed by atoms with Gasteiger partial charge in [-0.3, -0.25) is 9.59 Å². The van der Waals surface area contributed by atoms with Gasteiger partial charge in [0.15, 0.2) is 5.76 Å². The summed E-state index contributed by atoms with van der Waals surface area (Å²) in [5, 5.41) is 0. The Morgan fingerprint density at radius 2 is 2.12 bits per heavy atom. The minimum atomic E-state index is 0.00190. The van der Waals surface area contributed by atoms with Crippen LogP contribution in [-0.4, -0.2) is 29.7 Å². The van der Waals surface area contributed by atoms with Gasteiger partial charge < -0.3 is 9.32 Å². The Kier molecular flexibility index (Phi) is 3.61. The molecule has 0 aliphatic carbocycles. The minimum absolute atomic E-state index is 0.00190. The normalized spacial score (nSPS) is 17.1. The quantitative estimate of drug-likeness (QED) is 0.754. The van der Waals surface area contributed by atoms with Gasteiger partial charge in [-0.1, -0.05) is 6.92 Å². The fraction of sp³-hybridized carbons (Fsp3) is 0.538. The maximum absolute atomic E-state index is 12.0. The Balaban J connectivity index is 1.91. The van der Waals surface area contributed by atoms with Gasteiger partial charge in [0, 0.05) is 25.4 Å². The molecule has 0 atom stereocenters. The van der Waals surface area contributed by atoms with Crippen molar-refractivity contribution in [3.8, 4) is 0 Å². The number of amides is 1. The van der Waals surface area contributed by atoms with Crippen molar-refractivity contribution in [1.82, 2.24) is 4.90 Å². The number of hydrogen-bond donors (Lipinski definition) is 0. The Hall–Kier alpha value is -1.58. The molecular formula is C13H17NO3. The molecule has 4 nitrogen and oxygen atoms in total. The molecule has 1 aliphatic rings. The first-order chi connectivity index (χ1) is 8.22. The van der Waals surface area contributed by atoms with Crippen molar-refractivity contribution in [2.24, 2.45) is 5.92 Å². The molecule has 1 aromatic heterocycles. The van der Waals surface area contributed by atoms with Crippen LogP contribution in [0.15, 0.2) is 22.8 Å². The zero-order chi connectivity index (χ0) is 12.3. The number of carbonyl (C=O) groups is 2. The molecule has 2 rings (SSSR count). The Morgan fingerprint density at radius 3 is 2.65 bits per heavy atom. The summed E-state index contributed by atoms with van der Waals surface area (Å²) in [5.41, 5.74) is 0. The molecule has 17 heavy (non-hydrogen) atoms. The largest absolute Gasteiger partial charge is 0.461 e. The molecule has 0 N–H and O–H groups in total. The molecule has 92 valence electrons. The second-order valence-corrected chi connectivity index (χ2v) is 4.35. The molecule has 0 radical (unpaired) electrons. The van der Waals surface area contributed by atoms with E-state index in [0.29, 0.717) is 25.3 Å². The highest BCUT2D eigenvalue weighted by molar-refractivity contribution is 5.95. The van der Waals surface area contributed by atoms with E-state index in [4.69, 9.17) is 4.42 Å². The molecule has 1 saturated heterocycles. The molecule has 1 aromatic rings. The summed E-state index contributed by atoms with van der Waals surface area (Å²) in [5.74, 6) is 0.680. The van der Waals surface area contributed by atoms with Gasteiger partial charge in [-0.25, -0.2) is 0 Å². The number of likely N-dealkylation sites (tertiary alicyclic amines) is 1. The lowest BCUT2D eigenvalue weighted by molar-refractivity contribution is -0.132. The van der Waals surface area contributed by atoms with Gasteiger partial charge in [0.25, 0.3) is 0 Å². The van der Waals surface area contributed by atoms with Crippen molar-refractivity contribution in [2.45, 2.75) is 26.2 Å². The van der Waals surface area contributed by atoms with Crippen LogP contribution in [0.1, 0.15) is 36.7 Å². The number of carbonyl (C=O) groups excluding carboxylic acids is 2. The van der Waals surface area contributed by atoms with Gasteiger partial charge in [0.2, 0.25) is 11.7 Å². The Morgan fingerprint density at radius 1 is 1.41 bits per heavy atom. The van der Waals surface area contributed by atoms with Crippen molar-refractivity contribution in [2.75, 3.05) is 13.1 Å². The number of ketones is 1. The van der Waals surface area contributed by atoms with E-state index in [-0.39, 0.29) is 17.6 Å². The predicted octanol–water partition coefficient (Wildman–Crippen LogP) is 2.11. The summed E-state index contributed by atoms with van der Waals surface area (Å²) in [6.07, 6.45) is 3.54. The van der Waals surface area contributed by atoms with E-state index in [0.717, 1.165) is 12.8 Å². The molecule has 0 unspecified atom stereocenters. The number of Topliss-reactive ketones (excluding diaryl/α,β-unsaturated/α-hetero) is 1. The van der Waals surface area contributed by atoms with Crippen LogP contribution in [0, 0.1) is 5.92 Å². The van der Waals surface area contributed by atoms with E-state index >= 15 is 0 Å². The van der Waals surface area contributed by atoms with Crippen molar-refractivity contribution in [3.63, 3.8) is 0 Å². The molecule has 0 saturated carbocycles. The number of rotatable bonds is 3. The van der Waals surface area contributed by atoms with E-state index in [9.17, 15) is 9.59 Å². The second-order valence-electron chi connectivity index (χ2n) is 4.35. The van der Waals surface area contributed by atoms with Gasteiger partial charge in [0.1, 0.15) is 0 Å². The first-order valence-corrected chi connectivity index (χ1v) is 6.08. The van der Waals surface area contributed by atoms with Crippen LogP contribution < -0.4 is 0 Å². The van der Waals surface area contributed by atoms with Crippen molar-refractivity contribution in [1.29, 1.82) is 0 Å². The summed E-state index contributed by atoms with van der Waals surface area (Å²) in [7, 11) is 0. The molecule has 0 spiro atoms. The smallest absolute Gasteiger partial charge is 0.222 e. The zero-order valence-electron chi connectivity index (χ0n) is 10.0. The van der Waals surface area contributed by atoms with E-state index < -0.39 is 0 Å². The summed E-state index contributed by atoms with van der Waals surface area (Å²) in [4.78, 5) is 25.3. The van der Waals surface area contributed by atoms with E-state index in [1.165, 1.54) is 6.26 Å². The van der Waals surface area contributed by atoms with Crippen molar-refractivity contribution >= 4 is 11.7 Å². The minimum Gasteiger partial charge on any atom is -0.461 e. The lowest BCUT2D eigenvalue weighted by atomic mass is 9.91. The maximum atomic E-state index is 12.0. The molecule has 4 heteroatoms. The number of piperidine rings is 1. The summed E-state index contributed by atoms with van der Waals surface area (Å²) < 4.78 is 5.11. The maximum Gasteiger partial charge on any atom is 0.222 e. The van der Waals surface area contributed by atoms with Gasteiger partial charge in [-0.2, -0.15) is 0 Å². The van der Waals surface area contributed by atoms with E-state index in [2.05, 4.69) is 0 Å². The standard InChI is InChI=1S/C13H17NO3/c1-2-12(15)14-7-5-10(6-8-14)13(16)11-4-3-9-17-11/h3-4,9-10H,2,5-8H2,1H3. The van der Waals surface area contributed by atoms with Crippen LogP contribution in [0.25, 0.3) is 0 Å². The Labute approximate surface area is 101 Å². The first kappa shape index (κ1) is 11.9. The van der Waals surface area contributed by atoms with Gasteiger partial charge in [0.05, 0.1) is 6.26 Å². The molecule has 0 aromatic carbocycles. The average Bonchev–Trinajstić information content (AvgIpc) is 2.91. The third-order valence-electron chi connectivity index (χ3n) is 3.28. The molecule has 1 aliphatic heterocycles. The topological polar surface area (TPSA) is 50.5 Å². The number of furan rings is 1. The molecule has 0 bridgehead atoms. The summed E-state index contributed by atoms with van der Waals surface area (Å²) in [6.45, 7) is 3.23. The van der Waals surface area contributed by atoms with Crippen LogP contribution in [-0.2, 0) is 4.79 Å². The molecule has 2 heterocycles. The van der Waals surface area contributed by atoms with Crippen molar-refractivity contribution in [3.05, 3.63) is 24.2 Å². The first-order valence-electron chi connectivity index (χ1n) is 6.08. The fourth-order valence-electron chi connectivity index (χ4n) is 2.23. The van der Waals surface area contributed by atoms with Crippen LogP contribution in [0.2, 0.25) is 0 Å². The van der Waals surface area contributed by atoms with E-state index in [1.807, 2.05) is 11.8 Å². The van der Waals surface area contributed by atoms with Gasteiger partial charge in [-0.15, -0.1) is 0 Å². The summed E-state index contributed by atoms with van der Waals surface area (Å²) in [6, 6.07) is 3.43. The zero-order valence-corrected chi connectivity index (χ0v) is 10.0. The average molecular weight is 235 g/mol. The highest BCUT2D eigenvalue weighted by Crippen LogP contribution is 2.22. The predicted molar refractivity (Wildman–Crippen MR) is 62.6 cm³/mol. The van der Waals surface area contributed by atoms with Gasteiger partial charge in [-0.05, 0) is 25.0 Å². The molecular weight excluding hydrogens is 218 g/mol. The van der Waals surface area contributed by atoms with Crippen molar-refractivity contribution < 1.29 is 14.0 Å². The van der Waals surface area contributed by atoms with E-state index in [1.54, 1.807) is 12.1 Å². The highest BCUT2D eigenvalue weighted by Gasteiger charge is 2.28. The number of hydrogen-bond acceptors (Lipinski definition) is 3. The summed E-state index contributed by atoms with van der Waals surface area (Å²) >= 11 is 0. The SMILES string of the molecule is CCC(=O)N1CCC(C(=O)c2ccco2)CC1. The second kappa shape index (κ2) is 5.17. The lowest BCUT2D eigenvalue weighted by Gasteiger charge is -2.30. The fourth-order valence-corrected chi connectivity index (χ4v) is 2.23. The Bertz CT molecular complexity index is 389. The lowest BCUT2D eigenvalue weighted by Crippen LogP contribution is -2.39. The number of nitrogens with zero attached hydrogens (tertiary/aromatic N) is 1. The van der Waals surface area contributed by atoms with Crippen LogP contribution in [0.4, 0.5) is 0 Å². The monoisotopic (exact) mass is 235 g/mol. The highest BCUT2D eigenvalue weighted by atomic mass is 16.3.